The van der Waals surface area contributed by atoms with Gasteiger partial charge in [-0.25, -0.2) is 4.79 Å². The van der Waals surface area contributed by atoms with Crippen LogP contribution in [0.5, 0.6) is 11.5 Å². The monoisotopic (exact) mass is 378 g/mol. The molecule has 0 spiro atoms. The predicted molar refractivity (Wildman–Crippen MR) is 102 cm³/mol. The van der Waals surface area contributed by atoms with Crippen molar-refractivity contribution in [3.63, 3.8) is 0 Å². The zero-order valence-electron chi connectivity index (χ0n) is 16.2. The lowest BCUT2D eigenvalue weighted by atomic mass is 10.1. The number of piperidine rings is 1. The topological polar surface area (TPSA) is 77.1 Å². The summed E-state index contributed by atoms with van der Waals surface area (Å²) < 4.78 is 16.0. The van der Waals surface area contributed by atoms with Crippen molar-refractivity contribution in [1.29, 1.82) is 0 Å². The maximum absolute atomic E-state index is 12.1. The number of benzene rings is 1. The minimum absolute atomic E-state index is 0.0277. The Kier molecular flexibility index (Phi) is 8.74. The Labute approximate surface area is 161 Å². The molecular formula is C20H30N2O5. The number of carbonyl (C=O) groups is 2. The number of ether oxygens (including phenoxy) is 3. The Bertz CT molecular complexity index is 583. The normalized spacial score (nSPS) is 14.5. The molecule has 2 amide bonds. The van der Waals surface area contributed by atoms with Gasteiger partial charge in [-0.05, 0) is 57.4 Å². The Balaban J connectivity index is 1.58. The van der Waals surface area contributed by atoms with Crippen LogP contribution in [0.4, 0.5) is 4.79 Å². The third-order valence-corrected chi connectivity index (χ3v) is 4.34. The lowest BCUT2D eigenvalue weighted by Crippen LogP contribution is -2.46. The SMILES string of the molecule is CCOC(=O)N1CCC(NC(=O)CCCOc2ccc(OCC)cc2)CC1. The Hall–Kier alpha value is -2.44. The van der Waals surface area contributed by atoms with Gasteiger partial charge in [0.2, 0.25) is 5.91 Å². The van der Waals surface area contributed by atoms with Gasteiger partial charge in [0.1, 0.15) is 11.5 Å². The molecule has 1 N–H and O–H groups in total. The summed E-state index contributed by atoms with van der Waals surface area (Å²) in [6, 6.07) is 7.59. The highest BCUT2D eigenvalue weighted by Gasteiger charge is 2.24. The maximum Gasteiger partial charge on any atom is 0.409 e. The van der Waals surface area contributed by atoms with Gasteiger partial charge in [-0.2, -0.15) is 0 Å². The molecule has 27 heavy (non-hydrogen) atoms. The first kappa shape index (κ1) is 20.9. The van der Waals surface area contributed by atoms with Crippen molar-refractivity contribution in [2.75, 3.05) is 32.9 Å². The van der Waals surface area contributed by atoms with Gasteiger partial charge < -0.3 is 24.4 Å². The van der Waals surface area contributed by atoms with E-state index < -0.39 is 0 Å². The van der Waals surface area contributed by atoms with Crippen molar-refractivity contribution in [3.8, 4) is 11.5 Å². The van der Waals surface area contributed by atoms with E-state index in [2.05, 4.69) is 5.32 Å². The van der Waals surface area contributed by atoms with Gasteiger partial charge in [0.15, 0.2) is 0 Å². The second-order valence-electron chi connectivity index (χ2n) is 6.38. The van der Waals surface area contributed by atoms with E-state index in [-0.39, 0.29) is 18.0 Å². The second-order valence-corrected chi connectivity index (χ2v) is 6.38. The lowest BCUT2D eigenvalue weighted by Gasteiger charge is -2.31. The third-order valence-electron chi connectivity index (χ3n) is 4.34. The summed E-state index contributed by atoms with van der Waals surface area (Å²) in [6.45, 7) is 6.48. The van der Waals surface area contributed by atoms with E-state index in [0.717, 1.165) is 24.3 Å². The van der Waals surface area contributed by atoms with E-state index in [1.807, 2.05) is 31.2 Å². The van der Waals surface area contributed by atoms with Crippen molar-refractivity contribution in [3.05, 3.63) is 24.3 Å². The second kappa shape index (κ2) is 11.3. The quantitative estimate of drug-likeness (QED) is 0.669. The van der Waals surface area contributed by atoms with Gasteiger partial charge in [-0.1, -0.05) is 0 Å². The van der Waals surface area contributed by atoms with Gasteiger partial charge in [-0.3, -0.25) is 4.79 Å². The molecule has 0 saturated carbocycles. The molecule has 1 aliphatic heterocycles. The Morgan fingerprint density at radius 2 is 1.67 bits per heavy atom. The first-order valence-corrected chi connectivity index (χ1v) is 9.69. The molecule has 0 atom stereocenters. The molecule has 0 bridgehead atoms. The molecule has 7 heteroatoms. The molecule has 0 radical (unpaired) electrons. The molecule has 150 valence electrons. The summed E-state index contributed by atoms with van der Waals surface area (Å²) >= 11 is 0. The highest BCUT2D eigenvalue weighted by atomic mass is 16.6. The minimum atomic E-state index is -0.270. The first-order valence-electron chi connectivity index (χ1n) is 9.69. The number of carbonyl (C=O) groups excluding carboxylic acids is 2. The van der Waals surface area contributed by atoms with Crippen LogP contribution < -0.4 is 14.8 Å². The Morgan fingerprint density at radius 1 is 1.04 bits per heavy atom. The number of nitrogens with one attached hydrogen (secondary N) is 1. The molecule has 1 heterocycles. The van der Waals surface area contributed by atoms with E-state index >= 15 is 0 Å². The standard InChI is InChI=1S/C20H30N2O5/c1-3-25-17-7-9-18(10-8-17)27-15-5-6-19(23)21-16-11-13-22(14-12-16)20(24)26-4-2/h7-10,16H,3-6,11-15H2,1-2H3,(H,21,23). The van der Waals surface area contributed by atoms with Crippen LogP contribution in [0.15, 0.2) is 24.3 Å². The smallest absolute Gasteiger partial charge is 0.409 e. The van der Waals surface area contributed by atoms with Crippen LogP contribution >= 0.6 is 0 Å². The molecule has 1 saturated heterocycles. The van der Waals surface area contributed by atoms with Crippen molar-refractivity contribution in [2.45, 2.75) is 45.6 Å². The molecule has 2 rings (SSSR count). The molecule has 0 unspecified atom stereocenters. The molecule has 0 aromatic heterocycles. The number of likely N-dealkylation sites (tertiary alicyclic amines) is 1. The van der Waals surface area contributed by atoms with Crippen LogP contribution in [-0.4, -0.2) is 55.9 Å². The van der Waals surface area contributed by atoms with Crippen LogP contribution in [0.3, 0.4) is 0 Å². The number of rotatable bonds is 9. The average Bonchev–Trinajstić information content (AvgIpc) is 2.67. The van der Waals surface area contributed by atoms with E-state index in [4.69, 9.17) is 14.2 Å². The fraction of sp³-hybridized carbons (Fsp3) is 0.600. The van der Waals surface area contributed by atoms with Crippen LogP contribution in [0.2, 0.25) is 0 Å². The highest BCUT2D eigenvalue weighted by Crippen LogP contribution is 2.18. The van der Waals surface area contributed by atoms with Crippen LogP contribution in [0.25, 0.3) is 0 Å². The van der Waals surface area contributed by atoms with E-state index in [9.17, 15) is 9.59 Å². The summed E-state index contributed by atoms with van der Waals surface area (Å²) in [5, 5.41) is 3.04. The fourth-order valence-electron chi connectivity index (χ4n) is 2.94. The largest absolute Gasteiger partial charge is 0.494 e. The van der Waals surface area contributed by atoms with Crippen molar-refractivity contribution in [1.82, 2.24) is 10.2 Å². The zero-order valence-corrected chi connectivity index (χ0v) is 16.2. The number of amides is 2. The summed E-state index contributed by atoms with van der Waals surface area (Å²) in [5.41, 5.74) is 0. The van der Waals surface area contributed by atoms with E-state index in [1.54, 1.807) is 11.8 Å². The van der Waals surface area contributed by atoms with Crippen molar-refractivity contribution in [2.24, 2.45) is 0 Å². The highest BCUT2D eigenvalue weighted by molar-refractivity contribution is 5.76. The summed E-state index contributed by atoms with van der Waals surface area (Å²) in [5.74, 6) is 1.61. The molecule has 0 aliphatic carbocycles. The van der Waals surface area contributed by atoms with Crippen LogP contribution in [0, 0.1) is 0 Å². The molecule has 1 aromatic carbocycles. The number of hydrogen-bond acceptors (Lipinski definition) is 5. The van der Waals surface area contributed by atoms with Crippen LogP contribution in [0.1, 0.15) is 39.5 Å². The lowest BCUT2D eigenvalue weighted by molar-refractivity contribution is -0.122. The van der Waals surface area contributed by atoms with Gasteiger partial charge in [0, 0.05) is 25.6 Å². The fourth-order valence-corrected chi connectivity index (χ4v) is 2.94. The predicted octanol–water partition coefficient (Wildman–Crippen LogP) is 2.98. The Morgan fingerprint density at radius 3 is 2.26 bits per heavy atom. The first-order chi connectivity index (χ1) is 13.1. The molecule has 1 aliphatic rings. The summed E-state index contributed by atoms with van der Waals surface area (Å²) in [4.78, 5) is 25.4. The van der Waals surface area contributed by atoms with Crippen molar-refractivity contribution >= 4 is 12.0 Å². The van der Waals surface area contributed by atoms with E-state index in [1.165, 1.54) is 0 Å². The summed E-state index contributed by atoms with van der Waals surface area (Å²) in [7, 11) is 0. The van der Waals surface area contributed by atoms with Crippen LogP contribution in [-0.2, 0) is 9.53 Å². The molecular weight excluding hydrogens is 348 g/mol. The minimum Gasteiger partial charge on any atom is -0.494 e. The van der Waals surface area contributed by atoms with E-state index in [0.29, 0.717) is 45.8 Å². The summed E-state index contributed by atoms with van der Waals surface area (Å²) in [6.07, 6.45) is 2.32. The third kappa shape index (κ3) is 7.37. The average molecular weight is 378 g/mol. The number of nitrogens with zero attached hydrogens (tertiary/aromatic N) is 1. The van der Waals surface area contributed by atoms with Gasteiger partial charge in [0.25, 0.3) is 0 Å². The van der Waals surface area contributed by atoms with Crippen molar-refractivity contribution < 1.29 is 23.8 Å². The molecule has 7 nitrogen and oxygen atoms in total. The number of hydrogen-bond donors (Lipinski definition) is 1. The van der Waals surface area contributed by atoms with Gasteiger partial charge >= 0.3 is 6.09 Å². The van der Waals surface area contributed by atoms with Gasteiger partial charge in [0.05, 0.1) is 19.8 Å². The van der Waals surface area contributed by atoms with Gasteiger partial charge in [-0.15, -0.1) is 0 Å². The molecule has 1 aromatic rings. The maximum atomic E-state index is 12.1. The molecule has 1 fully saturated rings. The zero-order chi connectivity index (χ0) is 19.5.